The number of carbonyl (C=O) groups excluding carboxylic acids is 1. The maximum absolute atomic E-state index is 12.3. The Kier molecular flexibility index (Phi) is 4.71. The Hall–Kier alpha value is -2.14. The number of nitrogens with one attached hydrogen (secondary N) is 1. The van der Waals surface area contributed by atoms with E-state index in [2.05, 4.69) is 5.32 Å². The van der Waals surface area contributed by atoms with Crippen molar-refractivity contribution in [3.05, 3.63) is 69.4 Å². The van der Waals surface area contributed by atoms with E-state index in [-0.39, 0.29) is 17.2 Å². The van der Waals surface area contributed by atoms with Crippen molar-refractivity contribution < 1.29 is 14.3 Å². The number of carbonyl (C=O) groups is 1. The smallest absolute Gasteiger partial charge is 0.291 e. The summed E-state index contributed by atoms with van der Waals surface area (Å²) in [5, 5.41) is 13.6. The van der Waals surface area contributed by atoms with E-state index in [0.717, 1.165) is 0 Å². The number of hydrogen-bond acceptors (Lipinski definition) is 3. The van der Waals surface area contributed by atoms with Crippen molar-refractivity contribution in [2.75, 3.05) is 5.32 Å². The van der Waals surface area contributed by atoms with Crippen molar-refractivity contribution in [1.29, 1.82) is 0 Å². The first-order chi connectivity index (χ1) is 11.4. The van der Waals surface area contributed by atoms with Crippen molar-refractivity contribution >= 4 is 46.4 Å². The summed E-state index contributed by atoms with van der Waals surface area (Å²) in [6, 6.07) is 12.4. The van der Waals surface area contributed by atoms with E-state index < -0.39 is 5.91 Å². The predicted molar refractivity (Wildman–Crippen MR) is 95.2 cm³/mol. The van der Waals surface area contributed by atoms with Gasteiger partial charge in [-0.05, 0) is 48.5 Å². The van der Waals surface area contributed by atoms with Gasteiger partial charge in [0, 0.05) is 15.6 Å². The van der Waals surface area contributed by atoms with Gasteiger partial charge in [0.1, 0.15) is 11.5 Å². The standard InChI is InChI=1S/C17H10Cl3NO3/c18-9-1-3-12(20)11(7-9)15-5-6-16(24-15)17(23)21-13-8-10(19)2-4-14(13)22/h1-8,22H,(H,21,23). The minimum Gasteiger partial charge on any atom is -0.506 e. The molecule has 0 atom stereocenters. The molecule has 0 saturated carbocycles. The molecule has 4 nitrogen and oxygen atoms in total. The van der Waals surface area contributed by atoms with Crippen LogP contribution in [0, 0.1) is 0 Å². The van der Waals surface area contributed by atoms with Crippen molar-refractivity contribution in [3.63, 3.8) is 0 Å². The van der Waals surface area contributed by atoms with Crippen molar-refractivity contribution in [3.8, 4) is 17.1 Å². The summed E-state index contributed by atoms with van der Waals surface area (Å²) in [7, 11) is 0. The third-order valence-corrected chi connectivity index (χ3v) is 4.03. The Morgan fingerprint density at radius 1 is 0.958 bits per heavy atom. The average Bonchev–Trinajstić information content (AvgIpc) is 3.03. The van der Waals surface area contributed by atoms with Crippen molar-refractivity contribution in [1.82, 2.24) is 0 Å². The van der Waals surface area contributed by atoms with Crippen LogP contribution in [0.15, 0.2) is 52.9 Å². The number of rotatable bonds is 3. The monoisotopic (exact) mass is 381 g/mol. The van der Waals surface area contributed by atoms with E-state index >= 15 is 0 Å². The zero-order valence-electron chi connectivity index (χ0n) is 12.0. The van der Waals surface area contributed by atoms with Crippen LogP contribution in [0.5, 0.6) is 5.75 Å². The lowest BCUT2D eigenvalue weighted by Gasteiger charge is -2.06. The van der Waals surface area contributed by atoms with Gasteiger partial charge in [-0.3, -0.25) is 4.79 Å². The van der Waals surface area contributed by atoms with Gasteiger partial charge in [-0.1, -0.05) is 34.8 Å². The molecule has 0 radical (unpaired) electrons. The van der Waals surface area contributed by atoms with Gasteiger partial charge in [-0.25, -0.2) is 0 Å². The average molecular weight is 383 g/mol. The molecule has 0 spiro atoms. The highest BCUT2D eigenvalue weighted by Crippen LogP contribution is 2.32. The Morgan fingerprint density at radius 2 is 1.67 bits per heavy atom. The van der Waals surface area contributed by atoms with Gasteiger partial charge in [0.05, 0.1) is 10.7 Å². The number of hydrogen-bond donors (Lipinski definition) is 2. The van der Waals surface area contributed by atoms with E-state index in [4.69, 9.17) is 39.2 Å². The summed E-state index contributed by atoms with van der Waals surface area (Å²) in [5.41, 5.74) is 0.764. The molecule has 2 N–H and O–H groups in total. The molecule has 1 heterocycles. The Bertz CT molecular complexity index is 921. The number of furan rings is 1. The second-order valence-electron chi connectivity index (χ2n) is 4.90. The molecular formula is C17H10Cl3NO3. The minimum absolute atomic E-state index is 0.0559. The zero-order chi connectivity index (χ0) is 17.3. The highest BCUT2D eigenvalue weighted by atomic mass is 35.5. The molecule has 3 aromatic rings. The van der Waals surface area contributed by atoms with Crippen LogP contribution in [0.2, 0.25) is 15.1 Å². The third-order valence-electron chi connectivity index (χ3n) is 3.23. The van der Waals surface area contributed by atoms with Crippen LogP contribution in [0.25, 0.3) is 11.3 Å². The van der Waals surface area contributed by atoms with Gasteiger partial charge in [0.2, 0.25) is 0 Å². The maximum Gasteiger partial charge on any atom is 0.291 e. The van der Waals surface area contributed by atoms with Crippen LogP contribution in [-0.4, -0.2) is 11.0 Å². The fourth-order valence-corrected chi connectivity index (χ4v) is 2.64. The van der Waals surface area contributed by atoms with Crippen LogP contribution in [0.3, 0.4) is 0 Å². The van der Waals surface area contributed by atoms with E-state index in [1.807, 2.05) is 0 Å². The summed E-state index contributed by atoms with van der Waals surface area (Å²) >= 11 is 17.9. The molecule has 2 aromatic carbocycles. The fraction of sp³-hybridized carbons (Fsp3) is 0. The van der Waals surface area contributed by atoms with E-state index in [0.29, 0.717) is 26.4 Å². The van der Waals surface area contributed by atoms with Crippen LogP contribution in [0.1, 0.15) is 10.6 Å². The lowest BCUT2D eigenvalue weighted by Crippen LogP contribution is -2.10. The first kappa shape index (κ1) is 16.7. The number of benzene rings is 2. The highest BCUT2D eigenvalue weighted by molar-refractivity contribution is 6.35. The molecule has 3 rings (SSSR count). The van der Waals surface area contributed by atoms with Crippen molar-refractivity contribution in [2.45, 2.75) is 0 Å². The van der Waals surface area contributed by atoms with Crippen LogP contribution in [0.4, 0.5) is 5.69 Å². The molecular weight excluding hydrogens is 373 g/mol. The molecule has 0 saturated heterocycles. The topological polar surface area (TPSA) is 62.5 Å². The molecule has 0 unspecified atom stereocenters. The van der Waals surface area contributed by atoms with E-state index in [1.54, 1.807) is 24.3 Å². The largest absolute Gasteiger partial charge is 0.506 e. The van der Waals surface area contributed by atoms with Gasteiger partial charge in [-0.15, -0.1) is 0 Å². The number of amides is 1. The lowest BCUT2D eigenvalue weighted by molar-refractivity contribution is 0.0997. The lowest BCUT2D eigenvalue weighted by atomic mass is 10.2. The second-order valence-corrected chi connectivity index (χ2v) is 6.18. The quantitative estimate of drug-likeness (QED) is 0.557. The van der Waals surface area contributed by atoms with E-state index in [9.17, 15) is 9.90 Å². The first-order valence-electron chi connectivity index (χ1n) is 6.79. The molecule has 7 heteroatoms. The molecule has 1 amide bonds. The molecule has 1 aromatic heterocycles. The summed E-state index contributed by atoms with van der Waals surface area (Å²) < 4.78 is 5.54. The third kappa shape index (κ3) is 3.51. The van der Waals surface area contributed by atoms with Gasteiger partial charge in [-0.2, -0.15) is 0 Å². The molecule has 0 aliphatic rings. The van der Waals surface area contributed by atoms with Gasteiger partial charge in [0.25, 0.3) is 5.91 Å². The molecule has 122 valence electrons. The number of anilines is 1. The van der Waals surface area contributed by atoms with Crippen LogP contribution < -0.4 is 5.32 Å². The maximum atomic E-state index is 12.3. The van der Waals surface area contributed by atoms with Crippen molar-refractivity contribution in [2.24, 2.45) is 0 Å². The summed E-state index contributed by atoms with van der Waals surface area (Å²) in [6.07, 6.45) is 0. The van der Waals surface area contributed by atoms with Gasteiger partial charge < -0.3 is 14.8 Å². The summed E-state index contributed by atoms with van der Waals surface area (Å²) in [5.74, 6) is -0.169. The molecule has 0 bridgehead atoms. The molecule has 0 aliphatic carbocycles. The predicted octanol–water partition coefficient (Wildman–Crippen LogP) is 5.86. The zero-order valence-corrected chi connectivity index (χ0v) is 14.3. The van der Waals surface area contributed by atoms with E-state index in [1.165, 1.54) is 24.3 Å². The molecule has 0 fully saturated rings. The van der Waals surface area contributed by atoms with Gasteiger partial charge in [0.15, 0.2) is 5.76 Å². The Labute approximate surface area is 152 Å². The fourth-order valence-electron chi connectivity index (χ4n) is 2.08. The number of aromatic hydroxyl groups is 1. The Morgan fingerprint density at radius 3 is 2.46 bits per heavy atom. The molecule has 24 heavy (non-hydrogen) atoms. The van der Waals surface area contributed by atoms with Crippen LogP contribution in [-0.2, 0) is 0 Å². The normalized spacial score (nSPS) is 10.6. The highest BCUT2D eigenvalue weighted by Gasteiger charge is 2.16. The van der Waals surface area contributed by atoms with Gasteiger partial charge >= 0.3 is 0 Å². The molecule has 0 aliphatic heterocycles. The SMILES string of the molecule is O=C(Nc1cc(Cl)ccc1O)c1ccc(-c2cc(Cl)ccc2Cl)o1. The number of halogens is 3. The minimum atomic E-state index is -0.531. The summed E-state index contributed by atoms with van der Waals surface area (Å²) in [4.78, 5) is 12.3. The first-order valence-corrected chi connectivity index (χ1v) is 7.92. The Balaban J connectivity index is 1.86. The number of phenolic OH excluding ortho intramolecular Hbond substituents is 1. The number of phenols is 1. The van der Waals surface area contributed by atoms with Crippen LogP contribution >= 0.6 is 34.8 Å². The second kappa shape index (κ2) is 6.77. The summed E-state index contributed by atoms with van der Waals surface area (Å²) in [6.45, 7) is 0.